The molecule has 0 aliphatic heterocycles. The van der Waals surface area contributed by atoms with Crippen LogP contribution in [0.5, 0.6) is 0 Å². The standard InChI is InChI=1S/C64H42N2S/c1-3-12-43(13-4-1)44-22-24-45(25-23-44)46-26-34-52(35-27-46)65(54-38-30-49(31-39-54)56-19-11-20-60-58-18-9-10-21-62(58)67-64(56)60)53-36-28-47(29-37-53)50-33-40-57-59-41-32-48-14-7-8-17-55(48)63(59)66(61(57)42-50)51-15-5-2-6-16-51/h1-42H. The fraction of sp³-hybridized carbons (Fsp3) is 0. The zero-order chi connectivity index (χ0) is 44.3. The van der Waals surface area contributed by atoms with Gasteiger partial charge in [-0.3, -0.25) is 0 Å². The molecule has 0 fully saturated rings. The summed E-state index contributed by atoms with van der Waals surface area (Å²) in [4.78, 5) is 2.37. The highest BCUT2D eigenvalue weighted by Gasteiger charge is 2.18. The summed E-state index contributed by atoms with van der Waals surface area (Å²) in [6, 6.07) is 93.0. The van der Waals surface area contributed by atoms with Crippen molar-refractivity contribution in [1.29, 1.82) is 0 Å². The normalized spacial score (nSPS) is 11.6. The third-order valence-electron chi connectivity index (χ3n) is 13.4. The lowest BCUT2D eigenvalue weighted by Crippen LogP contribution is -2.09. The number of fused-ring (bicyclic) bond motifs is 8. The average Bonchev–Trinajstić information content (AvgIpc) is 3.96. The van der Waals surface area contributed by atoms with Crippen LogP contribution in [0.1, 0.15) is 0 Å². The molecule has 0 radical (unpaired) electrons. The minimum atomic E-state index is 1.09. The molecule has 0 bridgehead atoms. The van der Waals surface area contributed by atoms with Gasteiger partial charge in [0.05, 0.1) is 11.0 Å². The van der Waals surface area contributed by atoms with Gasteiger partial charge in [0.25, 0.3) is 0 Å². The lowest BCUT2D eigenvalue weighted by Gasteiger charge is -2.26. The predicted octanol–water partition coefficient (Wildman–Crippen LogP) is 18.4. The molecule has 2 heterocycles. The maximum atomic E-state index is 2.44. The summed E-state index contributed by atoms with van der Waals surface area (Å²) in [5, 5.41) is 7.64. The van der Waals surface area contributed by atoms with Gasteiger partial charge in [0.15, 0.2) is 0 Å². The summed E-state index contributed by atoms with van der Waals surface area (Å²) < 4.78 is 5.09. The van der Waals surface area contributed by atoms with E-state index in [0.29, 0.717) is 0 Å². The predicted molar refractivity (Wildman–Crippen MR) is 288 cm³/mol. The van der Waals surface area contributed by atoms with E-state index in [1.165, 1.54) is 97.3 Å². The van der Waals surface area contributed by atoms with Gasteiger partial charge < -0.3 is 9.47 Å². The number of hydrogen-bond donors (Lipinski definition) is 0. The number of rotatable bonds is 8. The summed E-state index contributed by atoms with van der Waals surface area (Å²) in [5.74, 6) is 0. The van der Waals surface area contributed by atoms with Crippen molar-refractivity contribution in [2.45, 2.75) is 0 Å². The maximum absolute atomic E-state index is 2.44. The number of anilines is 3. The maximum Gasteiger partial charge on any atom is 0.0619 e. The summed E-state index contributed by atoms with van der Waals surface area (Å²) in [7, 11) is 0. The first-order valence-corrected chi connectivity index (χ1v) is 23.7. The van der Waals surface area contributed by atoms with Gasteiger partial charge >= 0.3 is 0 Å². The van der Waals surface area contributed by atoms with Crippen LogP contribution in [-0.4, -0.2) is 4.57 Å². The van der Waals surface area contributed by atoms with E-state index in [9.17, 15) is 0 Å². The van der Waals surface area contributed by atoms with E-state index in [-0.39, 0.29) is 0 Å². The lowest BCUT2D eigenvalue weighted by molar-refractivity contribution is 1.19. The second kappa shape index (κ2) is 16.2. The van der Waals surface area contributed by atoms with Crippen LogP contribution in [0.4, 0.5) is 17.1 Å². The molecule has 2 nitrogen and oxygen atoms in total. The van der Waals surface area contributed by atoms with Crippen LogP contribution >= 0.6 is 11.3 Å². The Hall–Kier alpha value is -8.50. The molecule has 0 saturated carbocycles. The third kappa shape index (κ3) is 6.79. The molecule has 0 aliphatic carbocycles. The molecule has 2 aromatic heterocycles. The second-order valence-corrected chi connectivity index (χ2v) is 18.3. The molecule has 0 N–H and O–H groups in total. The van der Waals surface area contributed by atoms with Crippen LogP contribution in [0, 0.1) is 0 Å². The molecule has 0 spiro atoms. The molecule has 314 valence electrons. The van der Waals surface area contributed by atoms with Gasteiger partial charge in [-0.15, -0.1) is 11.3 Å². The molecule has 11 aromatic carbocycles. The number of benzene rings is 11. The molecule has 0 atom stereocenters. The van der Waals surface area contributed by atoms with E-state index in [1.54, 1.807) is 0 Å². The van der Waals surface area contributed by atoms with Crippen molar-refractivity contribution in [3.05, 3.63) is 255 Å². The zero-order valence-electron chi connectivity index (χ0n) is 36.6. The second-order valence-electron chi connectivity index (χ2n) is 17.3. The van der Waals surface area contributed by atoms with Crippen molar-refractivity contribution >= 4 is 81.1 Å². The van der Waals surface area contributed by atoms with Crippen molar-refractivity contribution in [2.75, 3.05) is 4.90 Å². The van der Waals surface area contributed by atoms with Crippen molar-refractivity contribution in [1.82, 2.24) is 4.57 Å². The van der Waals surface area contributed by atoms with Gasteiger partial charge in [0.1, 0.15) is 0 Å². The Morgan fingerprint density at radius 1 is 0.313 bits per heavy atom. The summed E-state index contributed by atoms with van der Waals surface area (Å²) >= 11 is 1.88. The highest BCUT2D eigenvalue weighted by atomic mass is 32.1. The van der Waals surface area contributed by atoms with Crippen LogP contribution in [0.15, 0.2) is 255 Å². The quantitative estimate of drug-likeness (QED) is 0.148. The van der Waals surface area contributed by atoms with E-state index in [4.69, 9.17) is 0 Å². The van der Waals surface area contributed by atoms with E-state index in [0.717, 1.165) is 22.7 Å². The lowest BCUT2D eigenvalue weighted by atomic mass is 9.99. The van der Waals surface area contributed by atoms with Crippen LogP contribution < -0.4 is 4.90 Å². The minimum Gasteiger partial charge on any atom is -0.311 e. The van der Waals surface area contributed by atoms with Gasteiger partial charge in [-0.2, -0.15) is 0 Å². The third-order valence-corrected chi connectivity index (χ3v) is 14.6. The van der Waals surface area contributed by atoms with Crippen LogP contribution in [0.25, 0.3) is 103 Å². The minimum absolute atomic E-state index is 1.09. The number of nitrogens with zero attached hydrogens (tertiary/aromatic N) is 2. The van der Waals surface area contributed by atoms with Gasteiger partial charge in [-0.1, -0.05) is 194 Å². The summed E-state index contributed by atoms with van der Waals surface area (Å²) in [5.41, 5.74) is 16.5. The van der Waals surface area contributed by atoms with Crippen molar-refractivity contribution in [3.8, 4) is 50.2 Å². The number of hydrogen-bond acceptors (Lipinski definition) is 2. The largest absolute Gasteiger partial charge is 0.311 e. The van der Waals surface area contributed by atoms with Crippen LogP contribution in [-0.2, 0) is 0 Å². The smallest absolute Gasteiger partial charge is 0.0619 e. The Labute approximate surface area is 393 Å². The number of aromatic nitrogens is 1. The first-order valence-electron chi connectivity index (χ1n) is 22.9. The zero-order valence-corrected chi connectivity index (χ0v) is 37.4. The molecule has 67 heavy (non-hydrogen) atoms. The van der Waals surface area contributed by atoms with Crippen molar-refractivity contribution in [3.63, 3.8) is 0 Å². The van der Waals surface area contributed by atoms with Gasteiger partial charge in [-0.05, 0) is 111 Å². The van der Waals surface area contributed by atoms with Gasteiger partial charge in [-0.25, -0.2) is 0 Å². The monoisotopic (exact) mass is 870 g/mol. The fourth-order valence-corrected chi connectivity index (χ4v) is 11.3. The first kappa shape index (κ1) is 38.9. The Morgan fingerprint density at radius 2 is 0.806 bits per heavy atom. The number of para-hydroxylation sites is 1. The van der Waals surface area contributed by atoms with Gasteiger partial charge in [0.2, 0.25) is 0 Å². The first-order chi connectivity index (χ1) is 33.2. The van der Waals surface area contributed by atoms with Crippen molar-refractivity contribution in [2.24, 2.45) is 0 Å². The Bertz CT molecular complexity index is 3920. The molecule has 3 heteroatoms. The SMILES string of the molecule is c1ccc(-c2ccc(-c3ccc(N(c4ccc(-c5ccc6c7ccc8ccccc8c7n(-c7ccccc7)c6c5)cc4)c4ccc(-c5cccc6c5sc5ccccc56)cc4)cc3)cc2)cc1. The summed E-state index contributed by atoms with van der Waals surface area (Å²) in [6.45, 7) is 0. The molecule has 13 aromatic rings. The Morgan fingerprint density at radius 3 is 1.48 bits per heavy atom. The van der Waals surface area contributed by atoms with Crippen molar-refractivity contribution < 1.29 is 0 Å². The average molecular weight is 871 g/mol. The highest BCUT2D eigenvalue weighted by molar-refractivity contribution is 7.26. The number of thiophene rings is 1. The van der Waals surface area contributed by atoms with Gasteiger partial charge in [0, 0.05) is 59.1 Å². The molecule has 0 aliphatic rings. The molecule has 0 amide bonds. The van der Waals surface area contributed by atoms with Crippen LogP contribution in [0.2, 0.25) is 0 Å². The molecular formula is C64H42N2S. The van der Waals surface area contributed by atoms with E-state index >= 15 is 0 Å². The summed E-state index contributed by atoms with van der Waals surface area (Å²) in [6.07, 6.45) is 0. The van der Waals surface area contributed by atoms with Crippen LogP contribution in [0.3, 0.4) is 0 Å². The fourth-order valence-electron chi connectivity index (χ4n) is 10.1. The highest BCUT2D eigenvalue weighted by Crippen LogP contribution is 2.43. The Balaban J connectivity index is 0.891. The van der Waals surface area contributed by atoms with E-state index in [1.807, 2.05) is 11.3 Å². The molecular weight excluding hydrogens is 829 g/mol. The Kier molecular flexibility index (Phi) is 9.40. The topological polar surface area (TPSA) is 8.17 Å². The molecule has 13 rings (SSSR count). The molecule has 0 unspecified atom stereocenters. The van der Waals surface area contributed by atoms with E-state index < -0.39 is 0 Å². The van der Waals surface area contributed by atoms with E-state index in [2.05, 4.69) is 264 Å². The molecule has 0 saturated heterocycles.